The number of nitrogens with zero attached hydrogens (tertiary/aromatic N) is 3. The number of aromatic nitrogens is 3. The van der Waals surface area contributed by atoms with Gasteiger partial charge < -0.3 is 43.8 Å². The number of rotatable bonds is 6. The van der Waals surface area contributed by atoms with E-state index in [1.807, 2.05) is 23.9 Å². The van der Waals surface area contributed by atoms with Crippen LogP contribution in [0, 0.1) is 0 Å². The molecule has 0 saturated heterocycles. The first-order valence-corrected chi connectivity index (χ1v) is 11.3. The maximum Gasteiger partial charge on any atom is 0.243 e. The first-order chi connectivity index (χ1) is 16.2. The predicted molar refractivity (Wildman–Crippen MR) is 122 cm³/mol. The van der Waals surface area contributed by atoms with E-state index >= 15 is 0 Å². The predicted octanol–water partition coefficient (Wildman–Crippen LogP) is -2.81. The second-order valence-corrected chi connectivity index (χ2v) is 8.58. The Morgan fingerprint density at radius 2 is 1.91 bits per heavy atom. The molecule has 9 heteroatoms. The summed E-state index contributed by atoms with van der Waals surface area (Å²) in [5.41, 5.74) is 3.67. The smallest absolute Gasteiger partial charge is 0.243 e. The Balaban J connectivity index is 0.00000144. The Morgan fingerprint density at radius 1 is 1.09 bits per heavy atom. The van der Waals surface area contributed by atoms with Crippen LogP contribution in [0.1, 0.15) is 12.0 Å². The fourth-order valence-electron chi connectivity index (χ4n) is 4.76. The Labute approximate surface area is 216 Å². The summed E-state index contributed by atoms with van der Waals surface area (Å²) in [5.74, 6) is 3.23. The van der Waals surface area contributed by atoms with Gasteiger partial charge in [0, 0.05) is 18.9 Å². The average Bonchev–Trinajstić information content (AvgIpc) is 3.47. The number of methoxy groups -OCH3 is 1. The Bertz CT molecular complexity index is 1370. The van der Waals surface area contributed by atoms with Gasteiger partial charge in [-0.1, -0.05) is 0 Å². The molecule has 35 heavy (non-hydrogen) atoms. The van der Waals surface area contributed by atoms with Crippen molar-refractivity contribution < 1.29 is 52.9 Å². The van der Waals surface area contributed by atoms with E-state index in [2.05, 4.69) is 52.1 Å². The number of benzene rings is 2. The van der Waals surface area contributed by atoms with Crippen molar-refractivity contribution in [2.45, 2.75) is 25.9 Å². The van der Waals surface area contributed by atoms with E-state index in [9.17, 15) is 0 Å². The molecule has 0 amide bonds. The highest BCUT2D eigenvalue weighted by molar-refractivity contribution is 5.91. The third kappa shape index (κ3) is 4.58. The van der Waals surface area contributed by atoms with Crippen LogP contribution < -0.4 is 52.9 Å². The van der Waals surface area contributed by atoms with Crippen LogP contribution in [0.3, 0.4) is 0 Å². The summed E-state index contributed by atoms with van der Waals surface area (Å²) in [4.78, 5) is 0. The zero-order chi connectivity index (χ0) is 22.4. The molecule has 4 aromatic rings. The lowest BCUT2D eigenvalue weighted by Crippen LogP contribution is -3.00. The molecule has 6 rings (SSSR count). The maximum absolute atomic E-state index is 6.30. The molecular formula is C26H27Cl2N3O4. The van der Waals surface area contributed by atoms with Crippen LogP contribution in [0.15, 0.2) is 55.2 Å². The maximum atomic E-state index is 6.30. The van der Waals surface area contributed by atoms with Gasteiger partial charge in [-0.05, 0) is 35.2 Å². The van der Waals surface area contributed by atoms with Crippen molar-refractivity contribution >= 4 is 10.8 Å². The van der Waals surface area contributed by atoms with Crippen molar-refractivity contribution in [3.8, 4) is 34.3 Å². The molecule has 0 bridgehead atoms. The lowest BCUT2D eigenvalue weighted by atomic mass is 9.95. The molecule has 2 aromatic carbocycles. The standard InChI is InChI=1S/C26H27N3O4.2ClH/c1-27-9-10-28(16-27)7-3-11-31-26-21-15-29-8-6-19-13-24-25(33-17-32-24)14-20(19)22(29)12-18(21)4-5-23(26)30-2;;/h4-5,9-10,12-16H,3,6-8,11,17H2,1-2H3;2*1H/q+2;;/p-2. The van der Waals surface area contributed by atoms with Crippen molar-refractivity contribution in [2.75, 3.05) is 20.5 Å². The molecule has 0 unspecified atom stereocenters. The summed E-state index contributed by atoms with van der Waals surface area (Å²) >= 11 is 0. The molecule has 2 aliphatic rings. The Morgan fingerprint density at radius 3 is 2.69 bits per heavy atom. The van der Waals surface area contributed by atoms with E-state index in [1.165, 1.54) is 16.8 Å². The summed E-state index contributed by atoms with van der Waals surface area (Å²) in [7, 11) is 3.72. The minimum absolute atomic E-state index is 0. The number of hydrogen-bond donors (Lipinski definition) is 0. The molecule has 184 valence electrons. The molecular weight excluding hydrogens is 489 g/mol. The van der Waals surface area contributed by atoms with Crippen LogP contribution in [-0.4, -0.2) is 25.1 Å². The molecule has 4 heterocycles. The molecule has 0 aliphatic carbocycles. The van der Waals surface area contributed by atoms with E-state index < -0.39 is 0 Å². The number of hydrogen-bond acceptors (Lipinski definition) is 4. The number of imidazole rings is 1. The Hall–Kier alpha value is -3.16. The second kappa shape index (κ2) is 10.2. The normalized spacial score (nSPS) is 12.9. The van der Waals surface area contributed by atoms with Crippen LogP contribution in [0.2, 0.25) is 0 Å². The van der Waals surface area contributed by atoms with Gasteiger partial charge in [0.25, 0.3) is 0 Å². The molecule has 7 nitrogen and oxygen atoms in total. The lowest BCUT2D eigenvalue weighted by molar-refractivity contribution is -0.686. The molecule has 0 spiro atoms. The van der Waals surface area contributed by atoms with Gasteiger partial charge in [0.05, 0.1) is 38.3 Å². The van der Waals surface area contributed by atoms with Crippen LogP contribution >= 0.6 is 0 Å². The number of ether oxygens (including phenoxy) is 4. The average molecular weight is 516 g/mol. The first kappa shape index (κ1) is 24.9. The van der Waals surface area contributed by atoms with Crippen LogP contribution in [0.4, 0.5) is 0 Å². The van der Waals surface area contributed by atoms with Gasteiger partial charge in [0.1, 0.15) is 12.4 Å². The van der Waals surface area contributed by atoms with Crippen LogP contribution in [-0.2, 0) is 26.6 Å². The summed E-state index contributed by atoms with van der Waals surface area (Å²) in [5, 5.41) is 2.19. The van der Waals surface area contributed by atoms with Gasteiger partial charge in [-0.25, -0.2) is 9.13 Å². The van der Waals surface area contributed by atoms with E-state index in [1.54, 1.807) is 7.11 Å². The zero-order valence-corrected chi connectivity index (χ0v) is 21.2. The molecule has 0 atom stereocenters. The highest BCUT2D eigenvalue weighted by Gasteiger charge is 2.28. The monoisotopic (exact) mass is 515 g/mol. The number of aryl methyl sites for hydroxylation is 4. The van der Waals surface area contributed by atoms with Gasteiger partial charge in [0.15, 0.2) is 35.7 Å². The summed E-state index contributed by atoms with van der Waals surface area (Å²) in [6, 6.07) is 10.6. The van der Waals surface area contributed by atoms with E-state index in [0.717, 1.165) is 59.7 Å². The quantitative estimate of drug-likeness (QED) is 0.205. The van der Waals surface area contributed by atoms with Crippen LogP contribution in [0.5, 0.6) is 23.0 Å². The van der Waals surface area contributed by atoms with Gasteiger partial charge in [-0.15, -0.1) is 0 Å². The Kier molecular flexibility index (Phi) is 7.28. The third-order valence-electron chi connectivity index (χ3n) is 6.43. The number of pyridine rings is 1. The highest BCUT2D eigenvalue weighted by Crippen LogP contribution is 2.41. The van der Waals surface area contributed by atoms with Crippen molar-refractivity contribution in [3.05, 3.63) is 60.8 Å². The van der Waals surface area contributed by atoms with E-state index in [0.29, 0.717) is 13.4 Å². The van der Waals surface area contributed by atoms with Gasteiger partial charge >= 0.3 is 0 Å². The summed E-state index contributed by atoms with van der Waals surface area (Å²) in [6.45, 7) is 2.72. The van der Waals surface area contributed by atoms with Crippen molar-refractivity contribution in [1.29, 1.82) is 0 Å². The highest BCUT2D eigenvalue weighted by atomic mass is 35.5. The molecule has 2 aliphatic heterocycles. The molecule has 0 saturated carbocycles. The number of fused-ring (bicyclic) bond motifs is 5. The molecule has 2 aromatic heterocycles. The third-order valence-corrected chi connectivity index (χ3v) is 6.43. The fraction of sp³-hybridized carbons (Fsp3) is 0.308. The van der Waals surface area contributed by atoms with Gasteiger partial charge in [-0.3, -0.25) is 0 Å². The van der Waals surface area contributed by atoms with Crippen molar-refractivity contribution in [2.24, 2.45) is 7.05 Å². The minimum atomic E-state index is 0. The van der Waals surface area contributed by atoms with Gasteiger partial charge in [0.2, 0.25) is 18.8 Å². The second-order valence-electron chi connectivity index (χ2n) is 8.58. The molecule has 0 fully saturated rings. The van der Waals surface area contributed by atoms with Crippen molar-refractivity contribution in [1.82, 2.24) is 4.57 Å². The van der Waals surface area contributed by atoms with Gasteiger partial charge in [-0.2, -0.15) is 4.57 Å². The zero-order valence-electron chi connectivity index (χ0n) is 19.7. The SMILES string of the molecule is COc1ccc2cc3[n+](cc2c1OCCCn1cc[n+](C)c1)CCc1cc2c(cc1-3)OCO2.[Cl-].[Cl-]. The summed E-state index contributed by atoms with van der Waals surface area (Å²) < 4.78 is 29.7. The van der Waals surface area contributed by atoms with E-state index in [4.69, 9.17) is 18.9 Å². The number of halogens is 2. The molecule has 0 N–H and O–H groups in total. The summed E-state index contributed by atoms with van der Waals surface area (Å²) in [6.07, 6.45) is 10.2. The lowest BCUT2D eigenvalue weighted by Gasteiger charge is -2.18. The van der Waals surface area contributed by atoms with Crippen molar-refractivity contribution in [3.63, 3.8) is 0 Å². The van der Waals surface area contributed by atoms with E-state index in [-0.39, 0.29) is 24.8 Å². The first-order valence-electron chi connectivity index (χ1n) is 11.3. The topological polar surface area (TPSA) is 49.6 Å². The fourth-order valence-corrected chi connectivity index (χ4v) is 4.76. The molecule has 0 radical (unpaired) electrons. The largest absolute Gasteiger partial charge is 1.00 e. The van der Waals surface area contributed by atoms with Crippen LogP contribution in [0.25, 0.3) is 22.0 Å². The minimum Gasteiger partial charge on any atom is -1.00 e.